The van der Waals surface area contributed by atoms with Gasteiger partial charge in [0, 0.05) is 6.04 Å². The van der Waals surface area contributed by atoms with Crippen LogP contribution >= 0.6 is 0 Å². The second kappa shape index (κ2) is 6.42. The van der Waals surface area contributed by atoms with Gasteiger partial charge in [-0.2, -0.15) is 0 Å². The Morgan fingerprint density at radius 2 is 1.86 bits per heavy atom. The molecular weight excluding hydrogens is 258 g/mol. The van der Waals surface area contributed by atoms with Gasteiger partial charge in [0.25, 0.3) is 0 Å². The van der Waals surface area contributed by atoms with E-state index in [0.717, 1.165) is 5.56 Å². The largest absolute Gasteiger partial charge is 2.00 e. The van der Waals surface area contributed by atoms with Crippen LogP contribution in [0.3, 0.4) is 0 Å². The fraction of sp³-hybridized carbons (Fsp3) is 0.222. The summed E-state index contributed by atoms with van der Waals surface area (Å²) in [5.74, 6) is -1.39. The first-order valence-corrected chi connectivity index (χ1v) is 3.82. The first kappa shape index (κ1) is 13.9. The van der Waals surface area contributed by atoms with E-state index in [2.05, 4.69) is 0 Å². The molecule has 1 rings (SSSR count). The topological polar surface area (TPSA) is 89.2 Å². The molecule has 0 spiro atoms. The number of hydrogen-bond acceptors (Lipinski definition) is 4. The summed E-state index contributed by atoms with van der Waals surface area (Å²) in [6.07, 6.45) is 0.183. The first-order valence-electron chi connectivity index (χ1n) is 3.82. The van der Waals surface area contributed by atoms with Crippen molar-refractivity contribution < 1.29 is 15.0 Å². The van der Waals surface area contributed by atoms with Gasteiger partial charge in [0.1, 0.15) is 0 Å². The number of benzene rings is 1. The fourth-order valence-corrected chi connectivity index (χ4v) is 0.963. The molecule has 5 heteroatoms. The molecule has 4 nitrogen and oxygen atoms in total. The SMILES string of the molecule is N[C@@H](Cc1ccc([O-])cc1)C(=O)[O-].[Sr+2]. The van der Waals surface area contributed by atoms with Gasteiger partial charge in [-0.1, -0.05) is 24.3 Å². The Bertz CT molecular complexity index is 299. The molecule has 0 bridgehead atoms. The van der Waals surface area contributed by atoms with E-state index >= 15 is 0 Å². The van der Waals surface area contributed by atoms with Crippen LogP contribution in [0.5, 0.6) is 5.75 Å². The number of carbonyl (C=O) groups excluding carboxylic acids is 1. The maximum absolute atomic E-state index is 10.7. The minimum absolute atomic E-state index is 0. The Labute approximate surface area is 119 Å². The van der Waals surface area contributed by atoms with E-state index in [1.54, 1.807) is 12.1 Å². The van der Waals surface area contributed by atoms with Crippen molar-refractivity contribution >= 4 is 51.5 Å². The van der Waals surface area contributed by atoms with E-state index in [9.17, 15) is 15.0 Å². The van der Waals surface area contributed by atoms with Crippen LogP contribution in [0.4, 0.5) is 0 Å². The molecule has 0 aliphatic carbocycles. The van der Waals surface area contributed by atoms with Gasteiger partial charge in [0.15, 0.2) is 0 Å². The summed E-state index contributed by atoms with van der Waals surface area (Å²) in [6, 6.07) is 4.85. The van der Waals surface area contributed by atoms with Crippen LogP contribution in [0.25, 0.3) is 0 Å². The van der Waals surface area contributed by atoms with Gasteiger partial charge in [0.05, 0.1) is 5.97 Å². The standard InChI is InChI=1S/C9H11NO3.Sr/c10-8(9(12)13)5-6-1-3-7(11)4-2-6;/h1-4,8,11H,5,10H2,(H,12,13);/q;+2/p-2/t8-;/m0./s1. The zero-order valence-corrected chi connectivity index (χ0v) is 11.1. The Kier molecular flexibility index (Phi) is 6.39. The normalized spacial score (nSPS) is 11.5. The van der Waals surface area contributed by atoms with Crippen molar-refractivity contribution in [2.24, 2.45) is 5.73 Å². The van der Waals surface area contributed by atoms with E-state index in [-0.39, 0.29) is 57.7 Å². The number of rotatable bonds is 3. The molecule has 0 amide bonds. The van der Waals surface area contributed by atoms with Crippen LogP contribution < -0.4 is 15.9 Å². The Balaban J connectivity index is 0.00000169. The Morgan fingerprint density at radius 3 is 2.29 bits per heavy atom. The average Bonchev–Trinajstić information content (AvgIpc) is 2.08. The second-order valence-corrected chi connectivity index (χ2v) is 2.77. The summed E-state index contributed by atoms with van der Waals surface area (Å²) < 4.78 is 0. The van der Waals surface area contributed by atoms with Gasteiger partial charge >= 0.3 is 45.5 Å². The summed E-state index contributed by atoms with van der Waals surface area (Å²) in [6.45, 7) is 0. The van der Waals surface area contributed by atoms with Crippen LogP contribution in [-0.4, -0.2) is 57.5 Å². The Hall–Kier alpha value is -0.0695. The van der Waals surface area contributed by atoms with Crippen molar-refractivity contribution in [3.8, 4) is 5.75 Å². The molecule has 0 heterocycles. The molecule has 0 aliphatic rings. The maximum atomic E-state index is 10.7. The first-order chi connectivity index (χ1) is 6.09. The van der Waals surface area contributed by atoms with Crippen LogP contribution in [-0.2, 0) is 11.2 Å². The van der Waals surface area contributed by atoms with E-state index in [1.165, 1.54) is 12.1 Å². The van der Waals surface area contributed by atoms with Crippen molar-refractivity contribution in [1.29, 1.82) is 0 Å². The van der Waals surface area contributed by atoms with E-state index < -0.39 is 12.0 Å². The number of aliphatic carboxylic acids is 1. The van der Waals surface area contributed by atoms with Gasteiger partial charge in [0.2, 0.25) is 0 Å². The molecule has 1 aromatic carbocycles. The van der Waals surface area contributed by atoms with Gasteiger partial charge < -0.3 is 20.7 Å². The zero-order chi connectivity index (χ0) is 9.84. The van der Waals surface area contributed by atoms with Crippen molar-refractivity contribution in [3.05, 3.63) is 29.8 Å². The van der Waals surface area contributed by atoms with Crippen molar-refractivity contribution in [3.63, 3.8) is 0 Å². The molecule has 2 N–H and O–H groups in total. The smallest absolute Gasteiger partial charge is 0.872 e. The van der Waals surface area contributed by atoms with E-state index in [1.807, 2.05) is 0 Å². The number of carboxylic acid groups (broad SMARTS) is 1. The molecule has 0 aromatic heterocycles. The minimum Gasteiger partial charge on any atom is -0.872 e. The summed E-state index contributed by atoms with van der Waals surface area (Å²) in [4.78, 5) is 10.3. The zero-order valence-electron chi connectivity index (χ0n) is 7.60. The third-order valence-electron chi connectivity index (χ3n) is 1.68. The molecule has 0 aliphatic heterocycles. The van der Waals surface area contributed by atoms with E-state index in [4.69, 9.17) is 5.73 Å². The van der Waals surface area contributed by atoms with Crippen LogP contribution in [0.1, 0.15) is 5.56 Å². The summed E-state index contributed by atoms with van der Waals surface area (Å²) in [5.41, 5.74) is 5.97. The van der Waals surface area contributed by atoms with Crippen LogP contribution in [0.2, 0.25) is 0 Å². The molecule has 70 valence electrons. The summed E-state index contributed by atoms with van der Waals surface area (Å²) >= 11 is 0. The number of carbonyl (C=O) groups is 1. The minimum atomic E-state index is -1.29. The molecule has 1 aromatic rings. The van der Waals surface area contributed by atoms with Crippen molar-refractivity contribution in [2.75, 3.05) is 0 Å². The molecular formula is C9H9NO3Sr. The van der Waals surface area contributed by atoms with E-state index in [0.29, 0.717) is 0 Å². The number of nitrogens with two attached hydrogens (primary N) is 1. The molecule has 0 radical (unpaired) electrons. The predicted molar refractivity (Wildman–Crippen MR) is 48.3 cm³/mol. The third kappa shape index (κ3) is 4.43. The monoisotopic (exact) mass is 267 g/mol. The molecule has 0 unspecified atom stereocenters. The molecule has 0 saturated heterocycles. The average molecular weight is 267 g/mol. The third-order valence-corrected chi connectivity index (χ3v) is 1.68. The Morgan fingerprint density at radius 1 is 1.36 bits per heavy atom. The maximum Gasteiger partial charge on any atom is 2.00 e. The summed E-state index contributed by atoms with van der Waals surface area (Å²) in [7, 11) is 0. The van der Waals surface area contributed by atoms with Crippen LogP contribution in [0, 0.1) is 0 Å². The van der Waals surface area contributed by atoms with Gasteiger partial charge in [-0.15, -0.1) is 5.75 Å². The summed E-state index contributed by atoms with van der Waals surface area (Å²) in [5, 5.41) is 21.0. The molecule has 0 saturated carbocycles. The van der Waals surface area contributed by atoms with Crippen molar-refractivity contribution in [2.45, 2.75) is 12.5 Å². The van der Waals surface area contributed by atoms with Crippen molar-refractivity contribution in [1.82, 2.24) is 0 Å². The number of hydrogen-bond donors (Lipinski definition) is 1. The van der Waals surface area contributed by atoms with Crippen LogP contribution in [0.15, 0.2) is 24.3 Å². The van der Waals surface area contributed by atoms with Gasteiger partial charge in [-0.25, -0.2) is 0 Å². The van der Waals surface area contributed by atoms with Gasteiger partial charge in [-0.05, 0) is 12.0 Å². The van der Waals surface area contributed by atoms with Gasteiger partial charge in [-0.3, -0.25) is 0 Å². The molecule has 1 atom stereocenters. The fourth-order valence-electron chi connectivity index (χ4n) is 0.963. The molecule has 14 heavy (non-hydrogen) atoms. The molecule has 0 fully saturated rings. The second-order valence-electron chi connectivity index (χ2n) is 2.77. The number of carboxylic acids is 1. The quantitative estimate of drug-likeness (QED) is 0.641. The predicted octanol–water partition coefficient (Wildman–Crippen LogP) is -2.00.